The number of carbonyl (C=O) groups excluding carboxylic acids is 1. The first-order valence-corrected chi connectivity index (χ1v) is 6.14. The Morgan fingerprint density at radius 2 is 1.80 bits per heavy atom. The van der Waals surface area contributed by atoms with Crippen LogP contribution >= 0.6 is 0 Å². The van der Waals surface area contributed by atoms with E-state index in [1.54, 1.807) is 18.2 Å². The number of aliphatic carboxylic acids is 2. The van der Waals surface area contributed by atoms with Crippen molar-refractivity contribution < 1.29 is 24.6 Å². The standard InChI is InChI=1S/C14H17NO5/c1-8-3-4-10(7-9(8)2)13(18)15-11(14(19)20)5-6-12(16)17/h3-4,7,11H,5-6H2,1-2H3,(H,15,18)(H,16,17)(H,19,20)/t11-/m0/s1. The largest absolute Gasteiger partial charge is 0.481 e. The van der Waals surface area contributed by atoms with Crippen LogP contribution in [-0.4, -0.2) is 34.1 Å². The Labute approximate surface area is 116 Å². The first-order chi connectivity index (χ1) is 9.31. The third kappa shape index (κ3) is 4.38. The average Bonchev–Trinajstić information content (AvgIpc) is 2.36. The van der Waals surface area contributed by atoms with Gasteiger partial charge >= 0.3 is 11.9 Å². The van der Waals surface area contributed by atoms with Gasteiger partial charge in [-0.1, -0.05) is 6.07 Å². The Hall–Kier alpha value is -2.37. The number of carbonyl (C=O) groups is 3. The third-order valence-corrected chi connectivity index (χ3v) is 3.02. The number of aryl methyl sites for hydroxylation is 2. The van der Waals surface area contributed by atoms with Gasteiger partial charge in [0.25, 0.3) is 5.91 Å². The number of hydrogen-bond acceptors (Lipinski definition) is 3. The van der Waals surface area contributed by atoms with Crippen LogP contribution in [-0.2, 0) is 9.59 Å². The van der Waals surface area contributed by atoms with Gasteiger partial charge in [-0.15, -0.1) is 0 Å². The molecule has 0 aromatic heterocycles. The molecule has 0 fully saturated rings. The third-order valence-electron chi connectivity index (χ3n) is 3.02. The van der Waals surface area contributed by atoms with E-state index in [0.717, 1.165) is 11.1 Å². The van der Waals surface area contributed by atoms with Gasteiger partial charge in [0.15, 0.2) is 0 Å². The summed E-state index contributed by atoms with van der Waals surface area (Å²) in [5.74, 6) is -2.87. The molecule has 0 aliphatic rings. The highest BCUT2D eigenvalue weighted by Crippen LogP contribution is 2.10. The zero-order valence-corrected chi connectivity index (χ0v) is 11.3. The summed E-state index contributed by atoms with van der Waals surface area (Å²) < 4.78 is 0. The quantitative estimate of drug-likeness (QED) is 0.729. The highest BCUT2D eigenvalue weighted by molar-refractivity contribution is 5.96. The lowest BCUT2D eigenvalue weighted by Gasteiger charge is -2.14. The van der Waals surface area contributed by atoms with Crippen LogP contribution in [0.4, 0.5) is 0 Å². The molecule has 0 saturated carbocycles. The van der Waals surface area contributed by atoms with Gasteiger partial charge in [-0.25, -0.2) is 4.79 Å². The van der Waals surface area contributed by atoms with Gasteiger partial charge in [-0.3, -0.25) is 9.59 Å². The highest BCUT2D eigenvalue weighted by Gasteiger charge is 2.21. The molecular weight excluding hydrogens is 262 g/mol. The van der Waals surface area contributed by atoms with E-state index in [-0.39, 0.29) is 12.8 Å². The van der Waals surface area contributed by atoms with Crippen LogP contribution in [0, 0.1) is 13.8 Å². The van der Waals surface area contributed by atoms with Crippen molar-refractivity contribution in [2.45, 2.75) is 32.7 Å². The summed E-state index contributed by atoms with van der Waals surface area (Å²) in [7, 11) is 0. The molecule has 1 aromatic carbocycles. The van der Waals surface area contributed by atoms with Crippen LogP contribution in [0.3, 0.4) is 0 Å². The molecule has 108 valence electrons. The topological polar surface area (TPSA) is 104 Å². The van der Waals surface area contributed by atoms with E-state index >= 15 is 0 Å². The molecule has 0 unspecified atom stereocenters. The van der Waals surface area contributed by atoms with Gasteiger partial charge in [0, 0.05) is 12.0 Å². The molecule has 0 heterocycles. The second-order valence-corrected chi connectivity index (χ2v) is 4.60. The number of amides is 1. The molecule has 0 saturated heterocycles. The van der Waals surface area contributed by atoms with Crippen molar-refractivity contribution in [3.63, 3.8) is 0 Å². The molecule has 0 aliphatic carbocycles. The molecule has 20 heavy (non-hydrogen) atoms. The predicted octanol–water partition coefficient (Wildman–Crippen LogP) is 1.35. The van der Waals surface area contributed by atoms with Gasteiger partial charge in [-0.2, -0.15) is 0 Å². The van der Waals surface area contributed by atoms with Crippen LogP contribution in [0.15, 0.2) is 18.2 Å². The zero-order valence-electron chi connectivity index (χ0n) is 11.3. The van der Waals surface area contributed by atoms with E-state index in [0.29, 0.717) is 5.56 Å². The minimum Gasteiger partial charge on any atom is -0.481 e. The number of nitrogens with one attached hydrogen (secondary N) is 1. The molecule has 0 aliphatic heterocycles. The van der Waals surface area contributed by atoms with E-state index in [4.69, 9.17) is 10.2 Å². The van der Waals surface area contributed by atoms with E-state index in [2.05, 4.69) is 5.32 Å². The monoisotopic (exact) mass is 279 g/mol. The summed E-state index contributed by atoms with van der Waals surface area (Å²) in [5, 5.41) is 19.9. The lowest BCUT2D eigenvalue weighted by Crippen LogP contribution is -2.41. The van der Waals surface area contributed by atoms with Crippen LogP contribution in [0.25, 0.3) is 0 Å². The Balaban J connectivity index is 2.77. The van der Waals surface area contributed by atoms with Gasteiger partial charge in [-0.05, 0) is 43.5 Å². The fourth-order valence-corrected chi connectivity index (χ4v) is 1.65. The van der Waals surface area contributed by atoms with Crippen molar-refractivity contribution in [1.82, 2.24) is 5.32 Å². The maximum Gasteiger partial charge on any atom is 0.326 e. The molecule has 3 N–H and O–H groups in total. The maximum absolute atomic E-state index is 11.9. The number of carboxylic acid groups (broad SMARTS) is 2. The van der Waals surface area contributed by atoms with Crippen molar-refractivity contribution in [2.24, 2.45) is 0 Å². The maximum atomic E-state index is 11.9. The molecule has 6 heteroatoms. The zero-order chi connectivity index (χ0) is 15.3. The minimum atomic E-state index is -1.25. The molecule has 1 atom stereocenters. The molecule has 0 radical (unpaired) electrons. The molecule has 1 rings (SSSR count). The van der Waals surface area contributed by atoms with Crippen molar-refractivity contribution in [3.05, 3.63) is 34.9 Å². The second kappa shape index (κ2) is 6.70. The summed E-state index contributed by atoms with van der Waals surface area (Å²) in [6.45, 7) is 3.76. The van der Waals surface area contributed by atoms with Gasteiger partial charge in [0.1, 0.15) is 6.04 Å². The second-order valence-electron chi connectivity index (χ2n) is 4.60. The number of carboxylic acids is 2. The van der Waals surface area contributed by atoms with Crippen molar-refractivity contribution >= 4 is 17.8 Å². The molecular formula is C14H17NO5. The molecule has 1 aromatic rings. The van der Waals surface area contributed by atoms with E-state index < -0.39 is 23.9 Å². The van der Waals surface area contributed by atoms with Crippen molar-refractivity contribution in [3.8, 4) is 0 Å². The van der Waals surface area contributed by atoms with E-state index in [1.807, 2.05) is 13.8 Å². The summed E-state index contributed by atoms with van der Waals surface area (Å²) in [6.07, 6.45) is -0.467. The lowest BCUT2D eigenvalue weighted by atomic mass is 10.1. The van der Waals surface area contributed by atoms with Crippen LogP contribution in [0.1, 0.15) is 34.3 Å². The number of benzene rings is 1. The fraction of sp³-hybridized carbons (Fsp3) is 0.357. The first kappa shape index (κ1) is 15.7. The Bertz CT molecular complexity index is 538. The number of rotatable bonds is 6. The first-order valence-electron chi connectivity index (χ1n) is 6.14. The predicted molar refractivity (Wildman–Crippen MR) is 71.7 cm³/mol. The lowest BCUT2D eigenvalue weighted by molar-refractivity contribution is -0.140. The molecule has 0 spiro atoms. The van der Waals surface area contributed by atoms with E-state index in [1.165, 1.54) is 0 Å². The van der Waals surface area contributed by atoms with E-state index in [9.17, 15) is 14.4 Å². The average molecular weight is 279 g/mol. The smallest absolute Gasteiger partial charge is 0.326 e. The Morgan fingerprint density at radius 3 is 2.30 bits per heavy atom. The molecule has 1 amide bonds. The van der Waals surface area contributed by atoms with Crippen molar-refractivity contribution in [1.29, 1.82) is 0 Å². The summed E-state index contributed by atoms with van der Waals surface area (Å²) in [6, 6.07) is 3.84. The summed E-state index contributed by atoms with van der Waals surface area (Å²) in [4.78, 5) is 33.4. The highest BCUT2D eigenvalue weighted by atomic mass is 16.4. The normalized spacial score (nSPS) is 11.7. The molecule has 0 bridgehead atoms. The Kier molecular flexibility index (Phi) is 5.25. The van der Waals surface area contributed by atoms with Gasteiger partial charge < -0.3 is 15.5 Å². The SMILES string of the molecule is Cc1ccc(C(=O)N[C@@H](CCC(=O)O)C(=O)O)cc1C. The molecule has 6 nitrogen and oxygen atoms in total. The van der Waals surface area contributed by atoms with Crippen LogP contribution < -0.4 is 5.32 Å². The van der Waals surface area contributed by atoms with Gasteiger partial charge in [0.2, 0.25) is 0 Å². The van der Waals surface area contributed by atoms with Crippen LogP contribution in [0.5, 0.6) is 0 Å². The minimum absolute atomic E-state index is 0.152. The Morgan fingerprint density at radius 1 is 1.15 bits per heavy atom. The fourth-order valence-electron chi connectivity index (χ4n) is 1.65. The number of hydrogen-bond donors (Lipinski definition) is 3. The summed E-state index contributed by atoms with van der Waals surface area (Å²) >= 11 is 0. The van der Waals surface area contributed by atoms with Crippen molar-refractivity contribution in [2.75, 3.05) is 0 Å². The van der Waals surface area contributed by atoms with Gasteiger partial charge in [0.05, 0.1) is 0 Å². The van der Waals surface area contributed by atoms with Crippen LogP contribution in [0.2, 0.25) is 0 Å². The summed E-state index contributed by atoms with van der Waals surface area (Å²) in [5.41, 5.74) is 2.31.